The van der Waals surface area contributed by atoms with Gasteiger partial charge >= 0.3 is 12.2 Å². The number of benzene rings is 1. The first kappa shape index (κ1) is 15.0. The molecule has 0 saturated carbocycles. The zero-order valence-corrected chi connectivity index (χ0v) is 11.4. The van der Waals surface area contributed by atoms with Gasteiger partial charge in [-0.2, -0.15) is 13.2 Å². The van der Waals surface area contributed by atoms with E-state index in [1.807, 2.05) is 0 Å². The first-order valence-corrected chi connectivity index (χ1v) is 5.67. The third kappa shape index (κ3) is 3.03. The lowest BCUT2D eigenvalue weighted by Gasteiger charge is -2.23. The number of hydrogen-bond donors (Lipinski definition) is 2. The lowest BCUT2D eigenvalue weighted by molar-refractivity contribution is -0.138. The summed E-state index contributed by atoms with van der Waals surface area (Å²) in [5.41, 5.74) is -0.920. The number of amides is 2. The van der Waals surface area contributed by atoms with E-state index in [1.54, 1.807) is 0 Å². The van der Waals surface area contributed by atoms with Crippen molar-refractivity contribution < 1.29 is 18.0 Å². The minimum atomic E-state index is -4.51. The van der Waals surface area contributed by atoms with Crippen molar-refractivity contribution in [1.82, 2.24) is 5.01 Å². The van der Waals surface area contributed by atoms with Crippen LogP contribution in [0.25, 0.3) is 0 Å². The number of urea groups is 1. The van der Waals surface area contributed by atoms with Crippen molar-refractivity contribution >= 4 is 34.3 Å². The number of hydrogen-bond acceptors (Lipinski definition) is 3. The van der Waals surface area contributed by atoms with E-state index in [-0.39, 0.29) is 9.26 Å². The fourth-order valence-corrected chi connectivity index (χ4v) is 2.12. The van der Waals surface area contributed by atoms with Crippen molar-refractivity contribution in [2.24, 2.45) is 11.7 Å². The van der Waals surface area contributed by atoms with Gasteiger partial charge in [-0.15, -0.1) is 0 Å². The summed E-state index contributed by atoms with van der Waals surface area (Å²) in [6.45, 7) is 0. The second kappa shape index (κ2) is 5.28. The Morgan fingerprint density at radius 1 is 1.33 bits per heavy atom. The van der Waals surface area contributed by atoms with E-state index >= 15 is 0 Å². The third-order valence-electron chi connectivity index (χ3n) is 2.05. The highest BCUT2D eigenvalue weighted by atomic mass is 127. The highest BCUT2D eigenvalue weighted by molar-refractivity contribution is 14.1. The van der Waals surface area contributed by atoms with Gasteiger partial charge in [0.1, 0.15) is 0 Å². The topological polar surface area (TPSA) is 75.6 Å². The normalized spacial score (nSPS) is 11.3. The molecule has 0 aliphatic carbocycles. The zero-order chi connectivity index (χ0) is 14.1. The quantitative estimate of drug-likeness (QED) is 0.341. The molecule has 100 valence electrons. The molecule has 2 amide bonds. The van der Waals surface area contributed by atoms with Crippen LogP contribution < -0.4 is 16.7 Å². The van der Waals surface area contributed by atoms with Gasteiger partial charge in [-0.25, -0.2) is 21.5 Å². The molecule has 0 atom stereocenters. The molecule has 1 aromatic rings. The molecule has 0 fully saturated rings. The van der Waals surface area contributed by atoms with Crippen molar-refractivity contribution in [1.29, 1.82) is 0 Å². The van der Waals surface area contributed by atoms with Crippen molar-refractivity contribution in [3.05, 3.63) is 27.3 Å². The van der Waals surface area contributed by atoms with Crippen LogP contribution in [-0.2, 0) is 6.18 Å². The Balaban J connectivity index is 3.24. The Morgan fingerprint density at radius 2 is 1.89 bits per heavy atom. The molecule has 0 aromatic heterocycles. The molecule has 0 radical (unpaired) electrons. The maximum absolute atomic E-state index is 12.7. The van der Waals surface area contributed by atoms with Crippen molar-refractivity contribution in [2.45, 2.75) is 6.18 Å². The van der Waals surface area contributed by atoms with Crippen LogP contribution in [0.5, 0.6) is 0 Å². The Morgan fingerprint density at radius 3 is 2.33 bits per heavy atom. The summed E-state index contributed by atoms with van der Waals surface area (Å²) >= 11 is 1.48. The van der Waals surface area contributed by atoms with Gasteiger partial charge in [-0.1, -0.05) is 6.07 Å². The Labute approximate surface area is 115 Å². The van der Waals surface area contributed by atoms with Crippen molar-refractivity contribution in [3.8, 4) is 0 Å². The van der Waals surface area contributed by atoms with Crippen LogP contribution in [0.2, 0.25) is 0 Å². The molecular formula is C9H10F3IN4O. The van der Waals surface area contributed by atoms with E-state index in [0.717, 1.165) is 6.07 Å². The van der Waals surface area contributed by atoms with Gasteiger partial charge in [-0.3, -0.25) is 5.01 Å². The minimum absolute atomic E-state index is 0.0623. The van der Waals surface area contributed by atoms with Crippen molar-refractivity contribution in [3.63, 3.8) is 0 Å². The largest absolute Gasteiger partial charge is 0.417 e. The SMILES string of the molecule is CN(N)C(=O)N(N)c1cccc(C(F)(F)F)c1I. The molecule has 1 rings (SSSR count). The summed E-state index contributed by atoms with van der Waals surface area (Å²) < 4.78 is 37.8. The summed E-state index contributed by atoms with van der Waals surface area (Å²) in [5.74, 6) is 10.6. The molecule has 0 bridgehead atoms. The predicted molar refractivity (Wildman–Crippen MR) is 68.2 cm³/mol. The van der Waals surface area contributed by atoms with E-state index < -0.39 is 17.8 Å². The van der Waals surface area contributed by atoms with Gasteiger partial charge in [-0.05, 0) is 34.7 Å². The second-order valence-electron chi connectivity index (χ2n) is 3.40. The molecule has 0 heterocycles. The molecule has 0 aliphatic heterocycles. The second-order valence-corrected chi connectivity index (χ2v) is 4.48. The fourth-order valence-electron chi connectivity index (χ4n) is 1.20. The summed E-state index contributed by atoms with van der Waals surface area (Å²) in [4.78, 5) is 11.5. The van der Waals surface area contributed by atoms with Crippen LogP contribution in [0.15, 0.2) is 18.2 Å². The smallest absolute Gasteiger partial charge is 0.264 e. The average Bonchev–Trinajstić information content (AvgIpc) is 2.25. The fraction of sp³-hybridized carbons (Fsp3) is 0.222. The number of nitrogens with two attached hydrogens (primary N) is 2. The number of halogens is 4. The lowest BCUT2D eigenvalue weighted by atomic mass is 10.2. The third-order valence-corrected chi connectivity index (χ3v) is 3.18. The highest BCUT2D eigenvalue weighted by Gasteiger charge is 2.34. The van der Waals surface area contributed by atoms with Gasteiger partial charge in [0.05, 0.1) is 14.8 Å². The summed E-state index contributed by atoms with van der Waals surface area (Å²) in [6, 6.07) is 2.56. The van der Waals surface area contributed by atoms with Crippen LogP contribution in [0.1, 0.15) is 5.56 Å². The molecule has 5 nitrogen and oxygen atoms in total. The monoisotopic (exact) mass is 374 g/mol. The maximum atomic E-state index is 12.7. The molecule has 0 saturated heterocycles. The number of rotatable bonds is 1. The number of carbonyl (C=O) groups excluding carboxylic acids is 1. The summed E-state index contributed by atoms with van der Waals surface area (Å²) in [7, 11) is 1.24. The summed E-state index contributed by atoms with van der Waals surface area (Å²) in [5, 5.41) is 1.24. The van der Waals surface area contributed by atoms with Crippen LogP contribution in [0.4, 0.5) is 23.7 Å². The van der Waals surface area contributed by atoms with E-state index in [4.69, 9.17) is 11.7 Å². The molecule has 18 heavy (non-hydrogen) atoms. The van der Waals surface area contributed by atoms with Gasteiger partial charge in [0.25, 0.3) is 0 Å². The molecule has 4 N–H and O–H groups in total. The molecule has 1 aromatic carbocycles. The van der Waals surface area contributed by atoms with Gasteiger partial charge in [0.15, 0.2) is 0 Å². The van der Waals surface area contributed by atoms with Crippen LogP contribution in [0.3, 0.4) is 0 Å². The Kier molecular flexibility index (Phi) is 4.40. The number of alkyl halides is 3. The van der Waals surface area contributed by atoms with E-state index in [9.17, 15) is 18.0 Å². The molecule has 9 heteroatoms. The minimum Gasteiger partial charge on any atom is -0.264 e. The lowest BCUT2D eigenvalue weighted by Crippen LogP contribution is -2.49. The standard InChI is InChI=1S/C9H10F3IN4O/c1-16(14)8(18)17(15)6-4-2-3-5(7(6)13)9(10,11)12/h2-4H,14-15H2,1H3. The molecule has 0 unspecified atom stereocenters. The first-order chi connectivity index (χ1) is 8.16. The van der Waals surface area contributed by atoms with Crippen LogP contribution in [0, 0.1) is 3.57 Å². The average molecular weight is 374 g/mol. The number of carbonyl (C=O) groups is 1. The zero-order valence-electron chi connectivity index (χ0n) is 9.20. The van der Waals surface area contributed by atoms with E-state index in [0.29, 0.717) is 10.0 Å². The van der Waals surface area contributed by atoms with Gasteiger partial charge in [0, 0.05) is 7.05 Å². The van der Waals surface area contributed by atoms with Crippen LogP contribution >= 0.6 is 22.6 Å². The number of nitrogens with zero attached hydrogens (tertiary/aromatic N) is 2. The Bertz CT molecular complexity index is 464. The van der Waals surface area contributed by atoms with E-state index in [2.05, 4.69) is 0 Å². The van der Waals surface area contributed by atoms with E-state index in [1.165, 1.54) is 41.8 Å². The first-order valence-electron chi connectivity index (χ1n) is 4.59. The Hall–Kier alpha value is -1.07. The number of hydrazine groups is 2. The molecular weight excluding hydrogens is 364 g/mol. The predicted octanol–water partition coefficient (Wildman–Crippen LogP) is 1.92. The molecule has 0 spiro atoms. The van der Waals surface area contributed by atoms with Crippen LogP contribution in [-0.4, -0.2) is 18.1 Å². The van der Waals surface area contributed by atoms with Gasteiger partial charge < -0.3 is 0 Å². The summed E-state index contributed by atoms with van der Waals surface area (Å²) in [6.07, 6.45) is -4.51. The highest BCUT2D eigenvalue weighted by Crippen LogP contribution is 2.36. The molecule has 0 aliphatic rings. The van der Waals surface area contributed by atoms with Crippen molar-refractivity contribution in [2.75, 3.05) is 12.1 Å². The van der Waals surface area contributed by atoms with Gasteiger partial charge in [0.2, 0.25) is 0 Å². The maximum Gasteiger partial charge on any atom is 0.417 e. The number of anilines is 1.